The molecule has 1 aromatic carbocycles. The number of aryl methyl sites for hydroxylation is 2. The summed E-state index contributed by atoms with van der Waals surface area (Å²) in [5.74, 6) is 0. The summed E-state index contributed by atoms with van der Waals surface area (Å²) in [6, 6.07) is 12.7. The van der Waals surface area contributed by atoms with Gasteiger partial charge < -0.3 is 0 Å². The van der Waals surface area contributed by atoms with Gasteiger partial charge in [0.1, 0.15) is 0 Å². The van der Waals surface area contributed by atoms with Crippen molar-refractivity contribution in [2.24, 2.45) is 0 Å². The van der Waals surface area contributed by atoms with E-state index in [2.05, 4.69) is 55.2 Å². The minimum Gasteiger partial charge on any atom is -0.256 e. The van der Waals surface area contributed by atoms with Crippen LogP contribution in [0.5, 0.6) is 0 Å². The van der Waals surface area contributed by atoms with Gasteiger partial charge in [0.2, 0.25) is 0 Å². The predicted octanol–water partition coefficient (Wildman–Crippen LogP) is 3.62. The zero-order chi connectivity index (χ0) is 10.7. The Kier molecular flexibility index (Phi) is 2.82. The first-order chi connectivity index (χ1) is 7.29. The van der Waals surface area contributed by atoms with Gasteiger partial charge in [-0.1, -0.05) is 36.8 Å². The third-order valence-electron chi connectivity index (χ3n) is 2.58. The van der Waals surface area contributed by atoms with Gasteiger partial charge >= 0.3 is 0 Å². The van der Waals surface area contributed by atoms with Crippen molar-refractivity contribution in [3.05, 3.63) is 53.7 Å². The van der Waals surface area contributed by atoms with Crippen LogP contribution >= 0.6 is 0 Å². The second kappa shape index (κ2) is 4.26. The van der Waals surface area contributed by atoms with Crippen LogP contribution < -0.4 is 0 Å². The van der Waals surface area contributed by atoms with E-state index >= 15 is 0 Å². The molecule has 1 heterocycles. The summed E-state index contributed by atoms with van der Waals surface area (Å²) in [6.45, 7) is 4.26. The molecule has 0 aliphatic heterocycles. The van der Waals surface area contributed by atoms with E-state index in [0.717, 1.165) is 12.1 Å². The third kappa shape index (κ3) is 2.24. The van der Waals surface area contributed by atoms with Gasteiger partial charge in [0.05, 0.1) is 5.69 Å². The Morgan fingerprint density at radius 3 is 2.47 bits per heavy atom. The van der Waals surface area contributed by atoms with Gasteiger partial charge in [-0.3, -0.25) is 4.98 Å². The van der Waals surface area contributed by atoms with E-state index in [1.807, 2.05) is 6.20 Å². The Morgan fingerprint density at radius 1 is 1.07 bits per heavy atom. The van der Waals surface area contributed by atoms with Crippen molar-refractivity contribution in [2.45, 2.75) is 20.3 Å². The van der Waals surface area contributed by atoms with Crippen molar-refractivity contribution in [3.63, 3.8) is 0 Å². The molecule has 0 aliphatic carbocycles. The highest BCUT2D eigenvalue weighted by molar-refractivity contribution is 5.59. The summed E-state index contributed by atoms with van der Waals surface area (Å²) in [6.07, 6.45) is 2.94. The molecule has 0 saturated carbocycles. The van der Waals surface area contributed by atoms with Crippen molar-refractivity contribution < 1.29 is 0 Å². The number of benzene rings is 1. The molecule has 1 aromatic heterocycles. The van der Waals surface area contributed by atoms with Crippen molar-refractivity contribution >= 4 is 0 Å². The minimum absolute atomic E-state index is 1.06. The van der Waals surface area contributed by atoms with E-state index < -0.39 is 0 Å². The summed E-state index contributed by atoms with van der Waals surface area (Å²) in [5.41, 5.74) is 4.87. The molecule has 0 aliphatic rings. The zero-order valence-corrected chi connectivity index (χ0v) is 9.20. The highest BCUT2D eigenvalue weighted by atomic mass is 14.7. The summed E-state index contributed by atoms with van der Waals surface area (Å²) in [7, 11) is 0. The van der Waals surface area contributed by atoms with Gasteiger partial charge in [-0.05, 0) is 31.0 Å². The minimum atomic E-state index is 1.06. The van der Waals surface area contributed by atoms with E-state index in [4.69, 9.17) is 0 Å². The van der Waals surface area contributed by atoms with E-state index in [1.54, 1.807) is 0 Å². The maximum absolute atomic E-state index is 4.39. The number of nitrogens with zero attached hydrogens (tertiary/aromatic N) is 1. The maximum atomic E-state index is 4.39. The van der Waals surface area contributed by atoms with Crippen LogP contribution in [-0.2, 0) is 6.42 Å². The Bertz CT molecular complexity index is 443. The van der Waals surface area contributed by atoms with E-state index in [9.17, 15) is 0 Å². The largest absolute Gasteiger partial charge is 0.256 e. The predicted molar refractivity (Wildman–Crippen MR) is 63.8 cm³/mol. The number of rotatable bonds is 2. The molecule has 76 valence electrons. The molecule has 0 unspecified atom stereocenters. The van der Waals surface area contributed by atoms with E-state index in [0.29, 0.717) is 0 Å². The second-order valence-corrected chi connectivity index (χ2v) is 3.77. The van der Waals surface area contributed by atoms with Crippen LogP contribution in [0.2, 0.25) is 0 Å². The van der Waals surface area contributed by atoms with Crippen molar-refractivity contribution in [3.8, 4) is 11.3 Å². The van der Waals surface area contributed by atoms with Gasteiger partial charge in [0.15, 0.2) is 0 Å². The molecule has 0 radical (unpaired) electrons. The van der Waals surface area contributed by atoms with Gasteiger partial charge in [-0.25, -0.2) is 0 Å². The van der Waals surface area contributed by atoms with Crippen LogP contribution in [0, 0.1) is 6.92 Å². The molecular weight excluding hydrogens is 182 g/mol. The molecule has 2 rings (SSSR count). The molecule has 0 amide bonds. The summed E-state index contributed by atoms with van der Waals surface area (Å²) in [5, 5.41) is 0. The van der Waals surface area contributed by atoms with Crippen LogP contribution in [0.1, 0.15) is 18.1 Å². The number of hydrogen-bond donors (Lipinski definition) is 0. The lowest BCUT2D eigenvalue weighted by Gasteiger charge is -2.03. The number of pyridine rings is 1. The molecule has 15 heavy (non-hydrogen) atoms. The molecule has 0 atom stereocenters. The van der Waals surface area contributed by atoms with Gasteiger partial charge in [-0.15, -0.1) is 0 Å². The molecule has 0 spiro atoms. The van der Waals surface area contributed by atoms with Crippen molar-refractivity contribution in [1.82, 2.24) is 4.98 Å². The van der Waals surface area contributed by atoms with E-state index in [1.165, 1.54) is 16.7 Å². The van der Waals surface area contributed by atoms with Crippen LogP contribution in [0.25, 0.3) is 11.3 Å². The molecule has 0 fully saturated rings. The number of aromatic nitrogens is 1. The lowest BCUT2D eigenvalue weighted by atomic mass is 10.1. The van der Waals surface area contributed by atoms with Crippen LogP contribution in [-0.4, -0.2) is 4.98 Å². The van der Waals surface area contributed by atoms with Gasteiger partial charge in [-0.2, -0.15) is 0 Å². The molecule has 0 N–H and O–H groups in total. The Balaban J connectivity index is 2.40. The zero-order valence-electron chi connectivity index (χ0n) is 9.20. The summed E-state index contributed by atoms with van der Waals surface area (Å²) < 4.78 is 0. The topological polar surface area (TPSA) is 12.9 Å². The fraction of sp³-hybridized carbons (Fsp3) is 0.214. The first kappa shape index (κ1) is 9.91. The Labute approximate surface area is 90.8 Å². The highest BCUT2D eigenvalue weighted by Crippen LogP contribution is 2.18. The SMILES string of the molecule is CCc1ccnc(-c2ccc(C)cc2)c1. The number of hydrogen-bond acceptors (Lipinski definition) is 1. The molecule has 2 aromatic rings. The maximum Gasteiger partial charge on any atom is 0.0704 e. The van der Waals surface area contributed by atoms with Gasteiger partial charge in [0.25, 0.3) is 0 Å². The lowest BCUT2D eigenvalue weighted by molar-refractivity contribution is 1.12. The van der Waals surface area contributed by atoms with Gasteiger partial charge in [0, 0.05) is 11.8 Å². The summed E-state index contributed by atoms with van der Waals surface area (Å²) in [4.78, 5) is 4.39. The molecule has 0 bridgehead atoms. The lowest BCUT2D eigenvalue weighted by Crippen LogP contribution is -1.86. The monoisotopic (exact) mass is 197 g/mol. The standard InChI is InChI=1S/C14H15N/c1-3-12-8-9-15-14(10-12)13-6-4-11(2)5-7-13/h4-10H,3H2,1-2H3. The van der Waals surface area contributed by atoms with Crippen molar-refractivity contribution in [2.75, 3.05) is 0 Å². The molecule has 1 nitrogen and oxygen atoms in total. The fourth-order valence-electron chi connectivity index (χ4n) is 1.58. The summed E-state index contributed by atoms with van der Waals surface area (Å²) >= 11 is 0. The fourth-order valence-corrected chi connectivity index (χ4v) is 1.58. The van der Waals surface area contributed by atoms with Crippen molar-refractivity contribution in [1.29, 1.82) is 0 Å². The quantitative estimate of drug-likeness (QED) is 0.716. The highest BCUT2D eigenvalue weighted by Gasteiger charge is 1.99. The first-order valence-corrected chi connectivity index (χ1v) is 5.31. The molecular formula is C14H15N. The second-order valence-electron chi connectivity index (χ2n) is 3.77. The first-order valence-electron chi connectivity index (χ1n) is 5.31. The smallest absolute Gasteiger partial charge is 0.0704 e. The molecule has 1 heteroatoms. The van der Waals surface area contributed by atoms with Crippen LogP contribution in [0.4, 0.5) is 0 Å². The Morgan fingerprint density at radius 2 is 1.80 bits per heavy atom. The molecule has 0 saturated heterocycles. The Hall–Kier alpha value is -1.63. The van der Waals surface area contributed by atoms with Crippen LogP contribution in [0.15, 0.2) is 42.6 Å². The van der Waals surface area contributed by atoms with Crippen LogP contribution in [0.3, 0.4) is 0 Å². The normalized spacial score (nSPS) is 10.3. The van der Waals surface area contributed by atoms with E-state index in [-0.39, 0.29) is 0 Å². The average Bonchev–Trinajstić information content (AvgIpc) is 2.30. The third-order valence-corrected chi connectivity index (χ3v) is 2.58. The average molecular weight is 197 g/mol.